The summed E-state index contributed by atoms with van der Waals surface area (Å²) in [6.07, 6.45) is 13.9. The molecule has 0 N–H and O–H groups in total. The van der Waals surface area contributed by atoms with Crippen LogP contribution in [0.25, 0.3) is 0 Å². The van der Waals surface area contributed by atoms with Crippen molar-refractivity contribution in [2.45, 2.75) is 150 Å². The molecule has 6 heteroatoms. The summed E-state index contributed by atoms with van der Waals surface area (Å²) >= 11 is 0. The van der Waals surface area contributed by atoms with Gasteiger partial charge in [0.1, 0.15) is 22.7 Å². The van der Waals surface area contributed by atoms with Crippen molar-refractivity contribution in [1.82, 2.24) is 0 Å². The lowest BCUT2D eigenvalue weighted by Gasteiger charge is -2.22. The summed E-state index contributed by atoms with van der Waals surface area (Å²) < 4.78 is 21.8. The van der Waals surface area contributed by atoms with Crippen LogP contribution in [0.4, 0.5) is 9.59 Å². The third-order valence-electron chi connectivity index (χ3n) is 6.15. The Balaban J connectivity index is 3.08. The standard InChI is InChI=1S/C32H54O6/c1-9-11-13-15-16-18-20-25(19-17-14-12-10-2)23-26-24-27(35-29(33)37-31(3,4)5)21-22-28(26)36-30(34)38-32(6,7)8/h21-22,24-25H,9-20,23H2,1-8H3. The van der Waals surface area contributed by atoms with E-state index in [0.29, 0.717) is 17.4 Å². The van der Waals surface area contributed by atoms with E-state index in [1.54, 1.807) is 59.7 Å². The van der Waals surface area contributed by atoms with E-state index in [1.165, 1.54) is 64.2 Å². The second-order valence-electron chi connectivity index (χ2n) is 12.4. The smallest absolute Gasteiger partial charge is 0.428 e. The van der Waals surface area contributed by atoms with Crippen molar-refractivity contribution in [1.29, 1.82) is 0 Å². The average Bonchev–Trinajstić information content (AvgIpc) is 2.77. The fourth-order valence-corrected chi connectivity index (χ4v) is 4.34. The van der Waals surface area contributed by atoms with Crippen molar-refractivity contribution >= 4 is 12.3 Å². The van der Waals surface area contributed by atoms with Gasteiger partial charge in [0, 0.05) is 0 Å². The first-order valence-corrected chi connectivity index (χ1v) is 14.8. The van der Waals surface area contributed by atoms with Crippen LogP contribution in [0, 0.1) is 5.92 Å². The largest absolute Gasteiger partial charge is 0.514 e. The van der Waals surface area contributed by atoms with E-state index < -0.39 is 23.5 Å². The number of hydrogen-bond donors (Lipinski definition) is 0. The highest BCUT2D eigenvalue weighted by Gasteiger charge is 2.22. The van der Waals surface area contributed by atoms with Gasteiger partial charge in [-0.05, 0) is 77.6 Å². The van der Waals surface area contributed by atoms with Gasteiger partial charge in [0.2, 0.25) is 0 Å². The van der Waals surface area contributed by atoms with Crippen LogP contribution in [0.5, 0.6) is 11.5 Å². The first-order valence-electron chi connectivity index (χ1n) is 14.8. The van der Waals surface area contributed by atoms with Gasteiger partial charge in [-0.1, -0.05) is 90.9 Å². The highest BCUT2D eigenvalue weighted by Crippen LogP contribution is 2.31. The lowest BCUT2D eigenvalue weighted by Crippen LogP contribution is -2.26. The van der Waals surface area contributed by atoms with Crippen LogP contribution in [0.15, 0.2) is 18.2 Å². The summed E-state index contributed by atoms with van der Waals surface area (Å²) in [5.74, 6) is 1.27. The molecule has 0 aliphatic carbocycles. The summed E-state index contributed by atoms with van der Waals surface area (Å²) in [7, 11) is 0. The van der Waals surface area contributed by atoms with Gasteiger partial charge in [-0.3, -0.25) is 0 Å². The van der Waals surface area contributed by atoms with Gasteiger partial charge in [-0.25, -0.2) is 9.59 Å². The molecule has 1 aromatic rings. The average molecular weight is 535 g/mol. The Morgan fingerprint density at radius 1 is 0.684 bits per heavy atom. The van der Waals surface area contributed by atoms with Crippen LogP contribution in [0.1, 0.15) is 138 Å². The number of benzene rings is 1. The second-order valence-corrected chi connectivity index (χ2v) is 12.4. The zero-order chi connectivity index (χ0) is 28.6. The van der Waals surface area contributed by atoms with Crippen molar-refractivity contribution in [3.63, 3.8) is 0 Å². The predicted octanol–water partition coefficient (Wildman–Crippen LogP) is 10.2. The maximum atomic E-state index is 12.5. The molecule has 38 heavy (non-hydrogen) atoms. The monoisotopic (exact) mass is 534 g/mol. The molecule has 1 rings (SSSR count). The van der Waals surface area contributed by atoms with Crippen molar-refractivity contribution in [3.8, 4) is 11.5 Å². The Morgan fingerprint density at radius 2 is 1.16 bits per heavy atom. The molecule has 0 fully saturated rings. The molecule has 1 unspecified atom stereocenters. The van der Waals surface area contributed by atoms with Gasteiger partial charge >= 0.3 is 12.3 Å². The molecule has 0 aliphatic rings. The molecule has 0 bridgehead atoms. The number of ether oxygens (including phenoxy) is 4. The SMILES string of the molecule is CCCCCCCCC(CCCCCC)Cc1cc(OC(=O)OC(C)(C)C)ccc1OC(=O)OC(C)(C)C. The van der Waals surface area contributed by atoms with Gasteiger partial charge in [0.05, 0.1) is 0 Å². The Kier molecular flexibility index (Phi) is 15.4. The zero-order valence-electron chi connectivity index (χ0n) is 25.5. The predicted molar refractivity (Wildman–Crippen MR) is 154 cm³/mol. The molecular weight excluding hydrogens is 480 g/mol. The molecule has 0 aliphatic heterocycles. The molecule has 0 saturated carbocycles. The van der Waals surface area contributed by atoms with Crippen molar-refractivity contribution in [2.24, 2.45) is 5.92 Å². The Hall–Kier alpha value is -2.24. The lowest BCUT2D eigenvalue weighted by atomic mass is 9.88. The summed E-state index contributed by atoms with van der Waals surface area (Å²) in [5.41, 5.74) is -0.472. The molecule has 0 amide bonds. The molecule has 0 heterocycles. The molecule has 0 radical (unpaired) electrons. The second kappa shape index (κ2) is 17.4. The quantitative estimate of drug-likeness (QED) is 0.119. The minimum absolute atomic E-state index is 0.370. The maximum absolute atomic E-state index is 12.5. The van der Waals surface area contributed by atoms with Gasteiger partial charge in [0.15, 0.2) is 0 Å². The highest BCUT2D eigenvalue weighted by molar-refractivity contribution is 5.67. The minimum Gasteiger partial charge on any atom is -0.428 e. The van der Waals surface area contributed by atoms with Gasteiger partial charge in [0.25, 0.3) is 0 Å². The Morgan fingerprint density at radius 3 is 1.68 bits per heavy atom. The van der Waals surface area contributed by atoms with Gasteiger partial charge in [-0.15, -0.1) is 0 Å². The molecule has 6 nitrogen and oxygen atoms in total. The summed E-state index contributed by atoms with van der Waals surface area (Å²) in [5, 5.41) is 0. The number of carbonyl (C=O) groups is 2. The topological polar surface area (TPSA) is 71.1 Å². The lowest BCUT2D eigenvalue weighted by molar-refractivity contribution is 0.0183. The highest BCUT2D eigenvalue weighted by atomic mass is 16.7. The normalized spacial score (nSPS) is 12.6. The summed E-state index contributed by atoms with van der Waals surface area (Å²) in [4.78, 5) is 24.8. The van der Waals surface area contributed by atoms with Gasteiger partial charge in [-0.2, -0.15) is 0 Å². The van der Waals surface area contributed by atoms with E-state index in [-0.39, 0.29) is 0 Å². The fourth-order valence-electron chi connectivity index (χ4n) is 4.34. The van der Waals surface area contributed by atoms with Crippen molar-refractivity contribution in [3.05, 3.63) is 23.8 Å². The molecule has 218 valence electrons. The maximum Gasteiger partial charge on any atom is 0.514 e. The number of hydrogen-bond acceptors (Lipinski definition) is 6. The summed E-state index contributed by atoms with van der Waals surface area (Å²) in [6.45, 7) is 15.3. The fraction of sp³-hybridized carbons (Fsp3) is 0.750. The molecular formula is C32H54O6. The Bertz CT molecular complexity index is 818. The van der Waals surface area contributed by atoms with Crippen LogP contribution in [0.2, 0.25) is 0 Å². The van der Waals surface area contributed by atoms with E-state index in [2.05, 4.69) is 13.8 Å². The van der Waals surface area contributed by atoms with E-state index in [4.69, 9.17) is 18.9 Å². The van der Waals surface area contributed by atoms with Crippen LogP contribution < -0.4 is 9.47 Å². The Labute approximate surface area is 232 Å². The third-order valence-corrected chi connectivity index (χ3v) is 6.15. The zero-order valence-corrected chi connectivity index (χ0v) is 25.5. The van der Waals surface area contributed by atoms with E-state index in [0.717, 1.165) is 24.8 Å². The molecule has 1 atom stereocenters. The van der Waals surface area contributed by atoms with E-state index >= 15 is 0 Å². The van der Waals surface area contributed by atoms with Crippen molar-refractivity contribution in [2.75, 3.05) is 0 Å². The first-order chi connectivity index (χ1) is 17.8. The third kappa shape index (κ3) is 16.6. The van der Waals surface area contributed by atoms with Crippen LogP contribution >= 0.6 is 0 Å². The number of carbonyl (C=O) groups excluding carboxylic acids is 2. The van der Waals surface area contributed by atoms with E-state index in [1.807, 2.05) is 0 Å². The number of unbranched alkanes of at least 4 members (excludes halogenated alkanes) is 8. The van der Waals surface area contributed by atoms with Crippen LogP contribution in [0.3, 0.4) is 0 Å². The molecule has 0 spiro atoms. The minimum atomic E-state index is -0.757. The molecule has 1 aromatic carbocycles. The van der Waals surface area contributed by atoms with Gasteiger partial charge < -0.3 is 18.9 Å². The van der Waals surface area contributed by atoms with E-state index in [9.17, 15) is 9.59 Å². The summed E-state index contributed by atoms with van der Waals surface area (Å²) in [6, 6.07) is 5.10. The first kappa shape index (κ1) is 33.8. The van der Waals surface area contributed by atoms with Crippen LogP contribution in [-0.2, 0) is 15.9 Å². The van der Waals surface area contributed by atoms with Crippen LogP contribution in [-0.4, -0.2) is 23.5 Å². The molecule has 0 aromatic heterocycles. The molecule has 0 saturated heterocycles. The number of rotatable bonds is 16. The van der Waals surface area contributed by atoms with Crippen molar-refractivity contribution < 1.29 is 28.5 Å².